The molecule has 0 aliphatic heterocycles. The zero-order valence-corrected chi connectivity index (χ0v) is 13.3. The van der Waals surface area contributed by atoms with E-state index in [1.807, 2.05) is 26.0 Å². The summed E-state index contributed by atoms with van der Waals surface area (Å²) >= 11 is 0. The lowest BCUT2D eigenvalue weighted by Gasteiger charge is -2.12. The molecule has 2 aromatic rings. The van der Waals surface area contributed by atoms with Crippen LogP contribution in [-0.2, 0) is 11.3 Å². The molecular weight excluding hydrogens is 280 g/mol. The highest BCUT2D eigenvalue weighted by Gasteiger charge is 2.13. The van der Waals surface area contributed by atoms with Crippen LogP contribution in [0.15, 0.2) is 36.4 Å². The molecule has 0 atom stereocenters. The van der Waals surface area contributed by atoms with E-state index in [1.54, 1.807) is 38.5 Å². The molecule has 0 unspecified atom stereocenters. The van der Waals surface area contributed by atoms with Gasteiger partial charge in [0.2, 0.25) is 0 Å². The van der Waals surface area contributed by atoms with Gasteiger partial charge in [-0.15, -0.1) is 0 Å². The lowest BCUT2D eigenvalue weighted by Crippen LogP contribution is -2.08. The zero-order valence-electron chi connectivity index (χ0n) is 13.3. The fourth-order valence-corrected chi connectivity index (χ4v) is 2.19. The summed E-state index contributed by atoms with van der Waals surface area (Å²) in [6, 6.07) is 11.0. The Morgan fingerprint density at radius 2 is 1.82 bits per heavy atom. The summed E-state index contributed by atoms with van der Waals surface area (Å²) in [7, 11) is 3.17. The Bertz CT molecular complexity index is 677. The van der Waals surface area contributed by atoms with Crippen LogP contribution in [0.1, 0.15) is 27.0 Å². The molecule has 0 aromatic heterocycles. The first-order chi connectivity index (χ1) is 10.6. The summed E-state index contributed by atoms with van der Waals surface area (Å²) < 4.78 is 15.9. The quantitative estimate of drug-likeness (QED) is 0.790. The predicted molar refractivity (Wildman–Crippen MR) is 84.6 cm³/mol. The molecule has 0 radical (unpaired) electrons. The van der Waals surface area contributed by atoms with Crippen molar-refractivity contribution in [3.05, 3.63) is 58.7 Å². The van der Waals surface area contributed by atoms with Crippen LogP contribution in [0.3, 0.4) is 0 Å². The number of aryl methyl sites for hydroxylation is 1. The van der Waals surface area contributed by atoms with Crippen molar-refractivity contribution in [2.75, 3.05) is 14.2 Å². The largest absolute Gasteiger partial charge is 0.497 e. The molecule has 0 fully saturated rings. The molecule has 2 aromatic carbocycles. The number of esters is 1. The lowest BCUT2D eigenvalue weighted by atomic mass is 10.0. The van der Waals surface area contributed by atoms with E-state index >= 15 is 0 Å². The van der Waals surface area contributed by atoms with Crippen molar-refractivity contribution in [3.8, 4) is 11.5 Å². The molecule has 0 N–H and O–H groups in total. The minimum atomic E-state index is -0.342. The summed E-state index contributed by atoms with van der Waals surface area (Å²) in [6.07, 6.45) is 0. The molecule has 0 aliphatic carbocycles. The maximum absolute atomic E-state index is 12.3. The fraction of sp³-hybridized carbons (Fsp3) is 0.278. The van der Waals surface area contributed by atoms with Crippen LogP contribution in [-0.4, -0.2) is 20.2 Å². The average molecular weight is 300 g/mol. The van der Waals surface area contributed by atoms with Crippen LogP contribution in [0.5, 0.6) is 11.5 Å². The number of methoxy groups -OCH3 is 2. The first kappa shape index (κ1) is 15.9. The highest BCUT2D eigenvalue weighted by molar-refractivity contribution is 5.91. The van der Waals surface area contributed by atoms with Gasteiger partial charge in [-0.25, -0.2) is 4.79 Å². The number of benzene rings is 2. The van der Waals surface area contributed by atoms with E-state index in [9.17, 15) is 4.79 Å². The number of ether oxygens (including phenoxy) is 3. The van der Waals surface area contributed by atoms with E-state index in [2.05, 4.69) is 0 Å². The monoisotopic (exact) mass is 300 g/mol. The summed E-state index contributed by atoms with van der Waals surface area (Å²) in [6.45, 7) is 4.02. The van der Waals surface area contributed by atoms with Crippen LogP contribution in [0, 0.1) is 13.8 Å². The number of carbonyl (C=O) groups excluding carboxylic acids is 1. The topological polar surface area (TPSA) is 44.8 Å². The third-order valence-corrected chi connectivity index (χ3v) is 3.67. The number of hydrogen-bond donors (Lipinski definition) is 0. The Labute approximate surface area is 130 Å². The third-order valence-electron chi connectivity index (χ3n) is 3.67. The second kappa shape index (κ2) is 6.98. The van der Waals surface area contributed by atoms with Crippen LogP contribution >= 0.6 is 0 Å². The number of carbonyl (C=O) groups is 1. The minimum absolute atomic E-state index is 0.132. The van der Waals surface area contributed by atoms with E-state index < -0.39 is 0 Å². The van der Waals surface area contributed by atoms with Crippen molar-refractivity contribution < 1.29 is 19.0 Å². The minimum Gasteiger partial charge on any atom is -0.497 e. The lowest BCUT2D eigenvalue weighted by molar-refractivity contribution is 0.0469. The highest BCUT2D eigenvalue weighted by Crippen LogP contribution is 2.25. The molecule has 0 spiro atoms. The Morgan fingerprint density at radius 3 is 2.50 bits per heavy atom. The van der Waals surface area contributed by atoms with Crippen molar-refractivity contribution in [1.29, 1.82) is 0 Å². The van der Waals surface area contributed by atoms with E-state index in [1.165, 1.54) is 0 Å². The Kier molecular flexibility index (Phi) is 5.04. The normalized spacial score (nSPS) is 10.2. The van der Waals surface area contributed by atoms with Crippen molar-refractivity contribution in [2.24, 2.45) is 0 Å². The van der Waals surface area contributed by atoms with E-state index in [4.69, 9.17) is 14.2 Å². The van der Waals surface area contributed by atoms with Crippen molar-refractivity contribution in [1.82, 2.24) is 0 Å². The first-order valence-corrected chi connectivity index (χ1v) is 7.01. The summed E-state index contributed by atoms with van der Waals surface area (Å²) in [5.74, 6) is 1.01. The van der Waals surface area contributed by atoms with Crippen LogP contribution in [0.4, 0.5) is 0 Å². The van der Waals surface area contributed by atoms with E-state index in [-0.39, 0.29) is 12.6 Å². The molecule has 2 rings (SSSR count). The molecule has 22 heavy (non-hydrogen) atoms. The van der Waals surface area contributed by atoms with Crippen LogP contribution in [0.2, 0.25) is 0 Å². The van der Waals surface area contributed by atoms with Gasteiger partial charge in [-0.2, -0.15) is 0 Å². The molecule has 0 amide bonds. The second-order valence-corrected chi connectivity index (χ2v) is 5.00. The second-order valence-electron chi connectivity index (χ2n) is 5.00. The van der Waals surface area contributed by atoms with Crippen LogP contribution in [0.25, 0.3) is 0 Å². The van der Waals surface area contributed by atoms with Gasteiger partial charge in [0.05, 0.1) is 19.8 Å². The molecule has 0 saturated carbocycles. The molecular formula is C18H20O4. The molecule has 0 bridgehead atoms. The average Bonchev–Trinajstić information content (AvgIpc) is 2.54. The van der Waals surface area contributed by atoms with Gasteiger partial charge in [-0.1, -0.05) is 12.1 Å². The van der Waals surface area contributed by atoms with E-state index in [0.717, 1.165) is 16.7 Å². The smallest absolute Gasteiger partial charge is 0.338 e. The molecule has 0 saturated heterocycles. The van der Waals surface area contributed by atoms with Crippen molar-refractivity contribution >= 4 is 5.97 Å². The summed E-state index contributed by atoms with van der Waals surface area (Å²) in [5.41, 5.74) is 3.35. The van der Waals surface area contributed by atoms with Gasteiger partial charge in [-0.3, -0.25) is 0 Å². The summed E-state index contributed by atoms with van der Waals surface area (Å²) in [4.78, 5) is 12.3. The fourth-order valence-electron chi connectivity index (χ4n) is 2.19. The molecule has 0 aliphatic rings. The first-order valence-electron chi connectivity index (χ1n) is 7.01. The predicted octanol–water partition coefficient (Wildman–Crippen LogP) is 3.68. The van der Waals surface area contributed by atoms with Gasteiger partial charge < -0.3 is 14.2 Å². The number of hydrogen-bond acceptors (Lipinski definition) is 4. The Hall–Kier alpha value is -2.49. The molecule has 4 nitrogen and oxygen atoms in total. The SMILES string of the molecule is COc1ccc(OC)c(COC(=O)c2cccc(C)c2C)c1. The van der Waals surface area contributed by atoms with Gasteiger partial charge in [-0.05, 0) is 49.2 Å². The maximum atomic E-state index is 12.3. The third kappa shape index (κ3) is 3.39. The van der Waals surface area contributed by atoms with Gasteiger partial charge in [0, 0.05) is 5.56 Å². The maximum Gasteiger partial charge on any atom is 0.338 e. The van der Waals surface area contributed by atoms with Gasteiger partial charge in [0.15, 0.2) is 0 Å². The Morgan fingerprint density at radius 1 is 1.05 bits per heavy atom. The zero-order chi connectivity index (χ0) is 16.1. The van der Waals surface area contributed by atoms with Gasteiger partial charge >= 0.3 is 5.97 Å². The molecule has 4 heteroatoms. The standard InChI is InChI=1S/C18H20O4/c1-12-6-5-7-16(13(12)2)18(19)22-11-14-10-15(20-3)8-9-17(14)21-4/h5-10H,11H2,1-4H3. The highest BCUT2D eigenvalue weighted by atomic mass is 16.5. The van der Waals surface area contributed by atoms with Crippen LogP contribution < -0.4 is 9.47 Å². The Balaban J connectivity index is 2.16. The van der Waals surface area contributed by atoms with Gasteiger partial charge in [0.25, 0.3) is 0 Å². The van der Waals surface area contributed by atoms with Crippen molar-refractivity contribution in [3.63, 3.8) is 0 Å². The molecule has 0 heterocycles. The van der Waals surface area contributed by atoms with E-state index in [0.29, 0.717) is 17.1 Å². The number of rotatable bonds is 5. The summed E-state index contributed by atoms with van der Waals surface area (Å²) in [5, 5.41) is 0. The molecule has 116 valence electrons. The van der Waals surface area contributed by atoms with Gasteiger partial charge in [0.1, 0.15) is 18.1 Å². The van der Waals surface area contributed by atoms with Crippen molar-refractivity contribution in [2.45, 2.75) is 20.5 Å².